The fraction of sp³-hybridized carbons (Fsp3) is 0.875. The van der Waals surface area contributed by atoms with E-state index in [-0.39, 0.29) is 0 Å². The molecule has 2 N–H and O–H groups in total. The van der Waals surface area contributed by atoms with Crippen molar-refractivity contribution < 1.29 is 4.84 Å². The molecule has 1 rings (SSSR count). The maximum atomic E-state index is 5.17. The number of hydrogen-bond donors (Lipinski definition) is 2. The molecule has 0 aromatic carbocycles. The fourth-order valence-corrected chi connectivity index (χ4v) is 0.937. The van der Waals surface area contributed by atoms with Crippen LogP contribution in [0.4, 0.5) is 0 Å². The Morgan fingerprint density at radius 3 is 3.25 bits per heavy atom. The number of nitrogens with zero attached hydrogens (tertiary/aromatic N) is 1. The summed E-state index contributed by atoms with van der Waals surface area (Å²) in [7, 11) is 0. The largest absolute Gasteiger partial charge is 0.355 e. The summed E-state index contributed by atoms with van der Waals surface area (Å²) >= 11 is 0. The third kappa shape index (κ3) is 3.57. The lowest BCUT2D eigenvalue weighted by atomic mass is 10.4. The van der Waals surface area contributed by atoms with Crippen LogP contribution >= 0.6 is 0 Å². The predicted octanol–water partition coefficient (Wildman–Crippen LogP) is 0.657. The summed E-state index contributed by atoms with van der Waals surface area (Å²) in [5.41, 5.74) is 2.80. The molecule has 1 aliphatic heterocycles. The first-order valence-corrected chi connectivity index (χ1v) is 4.59. The van der Waals surface area contributed by atoms with E-state index in [9.17, 15) is 0 Å². The molecule has 0 radical (unpaired) electrons. The smallest absolute Gasteiger partial charge is 0.215 e. The first-order chi connectivity index (χ1) is 5.93. The minimum Gasteiger partial charge on any atom is -0.355 e. The van der Waals surface area contributed by atoms with Crippen molar-refractivity contribution in [1.29, 1.82) is 0 Å². The normalized spacial score (nSPS) is 16.6. The molecule has 0 atom stereocenters. The highest BCUT2D eigenvalue weighted by molar-refractivity contribution is 5.79. The average Bonchev–Trinajstić information content (AvgIpc) is 2.14. The molecule has 1 heterocycles. The van der Waals surface area contributed by atoms with E-state index in [2.05, 4.69) is 22.7 Å². The molecular weight excluding hydrogens is 154 g/mol. The van der Waals surface area contributed by atoms with Crippen LogP contribution in [-0.4, -0.2) is 25.7 Å². The second-order valence-electron chi connectivity index (χ2n) is 2.81. The van der Waals surface area contributed by atoms with E-state index in [4.69, 9.17) is 4.84 Å². The predicted molar refractivity (Wildman–Crippen MR) is 48.9 cm³/mol. The lowest BCUT2D eigenvalue weighted by Crippen LogP contribution is -2.40. The van der Waals surface area contributed by atoms with E-state index in [1.54, 1.807) is 0 Å². The lowest BCUT2D eigenvalue weighted by Gasteiger charge is -2.15. The van der Waals surface area contributed by atoms with Gasteiger partial charge in [0.05, 0.1) is 6.61 Å². The second kappa shape index (κ2) is 5.83. The molecule has 0 fully saturated rings. The Morgan fingerprint density at radius 2 is 2.58 bits per heavy atom. The van der Waals surface area contributed by atoms with E-state index < -0.39 is 0 Å². The van der Waals surface area contributed by atoms with Crippen LogP contribution in [0.3, 0.4) is 0 Å². The number of aliphatic imine (C=N–C) groups is 1. The van der Waals surface area contributed by atoms with Crippen molar-refractivity contribution in [3.63, 3.8) is 0 Å². The van der Waals surface area contributed by atoms with Gasteiger partial charge < -0.3 is 5.32 Å². The molecule has 0 saturated carbocycles. The highest BCUT2D eigenvalue weighted by Gasteiger charge is 2.01. The molecule has 4 nitrogen and oxygen atoms in total. The van der Waals surface area contributed by atoms with Gasteiger partial charge in [-0.2, -0.15) is 0 Å². The molecule has 0 saturated heterocycles. The van der Waals surface area contributed by atoms with E-state index in [1.165, 1.54) is 0 Å². The zero-order valence-electron chi connectivity index (χ0n) is 7.60. The molecule has 0 amide bonds. The van der Waals surface area contributed by atoms with E-state index >= 15 is 0 Å². The van der Waals surface area contributed by atoms with Crippen LogP contribution in [0.25, 0.3) is 0 Å². The summed E-state index contributed by atoms with van der Waals surface area (Å²) in [6, 6.07) is 0. The minimum absolute atomic E-state index is 0.747. The summed E-state index contributed by atoms with van der Waals surface area (Å²) in [5, 5.41) is 3.11. The average molecular weight is 171 g/mol. The number of nitrogens with one attached hydrogen (secondary N) is 2. The third-order valence-electron chi connectivity index (χ3n) is 1.67. The monoisotopic (exact) mass is 171 g/mol. The number of hydrogen-bond acceptors (Lipinski definition) is 4. The Kier molecular flexibility index (Phi) is 4.52. The summed E-state index contributed by atoms with van der Waals surface area (Å²) in [6.07, 6.45) is 3.35. The van der Waals surface area contributed by atoms with Crippen LogP contribution in [0.1, 0.15) is 26.2 Å². The van der Waals surface area contributed by atoms with Crippen molar-refractivity contribution in [3.8, 4) is 0 Å². The topological polar surface area (TPSA) is 45.6 Å². The number of hydroxylamine groups is 1. The first kappa shape index (κ1) is 9.32. The molecule has 0 aliphatic carbocycles. The maximum Gasteiger partial charge on any atom is 0.215 e. The molecule has 1 aliphatic rings. The Hall–Kier alpha value is -0.770. The van der Waals surface area contributed by atoms with Gasteiger partial charge in [-0.1, -0.05) is 13.3 Å². The molecule has 0 spiro atoms. The van der Waals surface area contributed by atoms with E-state index in [1.807, 2.05) is 0 Å². The molecule has 4 heteroatoms. The van der Waals surface area contributed by atoms with Gasteiger partial charge in [-0.3, -0.25) is 9.83 Å². The van der Waals surface area contributed by atoms with Gasteiger partial charge in [0.1, 0.15) is 0 Å². The van der Waals surface area contributed by atoms with Crippen LogP contribution < -0.4 is 10.8 Å². The molecule has 70 valence electrons. The molecule has 0 aromatic rings. The van der Waals surface area contributed by atoms with Gasteiger partial charge in [-0.15, -0.1) is 0 Å². The number of guanidine groups is 1. The van der Waals surface area contributed by atoms with Crippen molar-refractivity contribution in [2.45, 2.75) is 26.2 Å². The van der Waals surface area contributed by atoms with Crippen molar-refractivity contribution in [1.82, 2.24) is 10.8 Å². The molecule has 12 heavy (non-hydrogen) atoms. The number of unbranched alkanes of at least 4 members (excludes halogenated alkanes) is 1. The fourth-order valence-electron chi connectivity index (χ4n) is 0.937. The van der Waals surface area contributed by atoms with Crippen LogP contribution in [0.2, 0.25) is 0 Å². The van der Waals surface area contributed by atoms with E-state index in [0.29, 0.717) is 0 Å². The SMILES string of the molecule is CCCCONC1=NCCCN1. The van der Waals surface area contributed by atoms with Crippen molar-refractivity contribution in [2.75, 3.05) is 19.7 Å². The van der Waals surface area contributed by atoms with Crippen molar-refractivity contribution in [2.24, 2.45) is 4.99 Å². The highest BCUT2D eigenvalue weighted by atomic mass is 16.6. The minimum atomic E-state index is 0.747. The van der Waals surface area contributed by atoms with Crippen molar-refractivity contribution >= 4 is 5.96 Å². The highest BCUT2D eigenvalue weighted by Crippen LogP contribution is 1.88. The molecule has 0 aromatic heterocycles. The summed E-state index contributed by atoms with van der Waals surface area (Å²) in [4.78, 5) is 9.37. The van der Waals surface area contributed by atoms with Crippen LogP contribution in [0.15, 0.2) is 4.99 Å². The Morgan fingerprint density at radius 1 is 1.67 bits per heavy atom. The zero-order valence-corrected chi connectivity index (χ0v) is 7.60. The zero-order chi connectivity index (χ0) is 8.65. The number of rotatable bonds is 4. The van der Waals surface area contributed by atoms with Gasteiger partial charge in [0, 0.05) is 13.1 Å². The van der Waals surface area contributed by atoms with Gasteiger partial charge in [-0.05, 0) is 12.8 Å². The molecular formula is C8H17N3O. The summed E-state index contributed by atoms with van der Waals surface area (Å²) < 4.78 is 0. The van der Waals surface area contributed by atoms with Gasteiger partial charge in [0.25, 0.3) is 0 Å². The standard InChI is InChI=1S/C8H17N3O/c1-2-3-7-12-11-8-9-5-4-6-10-8/h2-7H2,1H3,(H2,9,10,11). The van der Waals surface area contributed by atoms with Crippen LogP contribution in [-0.2, 0) is 4.84 Å². The molecule has 0 bridgehead atoms. The van der Waals surface area contributed by atoms with E-state index in [0.717, 1.165) is 44.9 Å². The summed E-state index contributed by atoms with van der Waals surface area (Å²) in [6.45, 7) is 4.77. The Labute approximate surface area is 73.4 Å². The van der Waals surface area contributed by atoms with Crippen LogP contribution in [0, 0.1) is 0 Å². The van der Waals surface area contributed by atoms with Crippen molar-refractivity contribution in [3.05, 3.63) is 0 Å². The maximum absolute atomic E-state index is 5.17. The van der Waals surface area contributed by atoms with Gasteiger partial charge in [0.15, 0.2) is 0 Å². The van der Waals surface area contributed by atoms with Gasteiger partial charge >= 0.3 is 0 Å². The van der Waals surface area contributed by atoms with Gasteiger partial charge in [0.2, 0.25) is 5.96 Å². The Bertz CT molecular complexity index is 147. The third-order valence-corrected chi connectivity index (χ3v) is 1.67. The Balaban J connectivity index is 2.01. The lowest BCUT2D eigenvalue weighted by molar-refractivity contribution is 0.0795. The summed E-state index contributed by atoms with van der Waals surface area (Å²) in [5.74, 6) is 0.775. The van der Waals surface area contributed by atoms with Crippen LogP contribution in [0.5, 0.6) is 0 Å². The van der Waals surface area contributed by atoms with Gasteiger partial charge in [-0.25, -0.2) is 5.48 Å². The first-order valence-electron chi connectivity index (χ1n) is 4.59. The second-order valence-corrected chi connectivity index (χ2v) is 2.81. The molecule has 0 unspecified atom stereocenters. The quantitative estimate of drug-likeness (QED) is 0.482.